The summed E-state index contributed by atoms with van der Waals surface area (Å²) in [6, 6.07) is 0. The van der Waals surface area contributed by atoms with E-state index in [-0.39, 0.29) is 17.0 Å². The van der Waals surface area contributed by atoms with Gasteiger partial charge < -0.3 is 17.0 Å². The smallest absolute Gasteiger partial charge is 0.0892 e. The van der Waals surface area contributed by atoms with Crippen molar-refractivity contribution in [2.24, 2.45) is 0 Å². The Morgan fingerprint density at radius 3 is 1.17 bits per heavy atom. The molecule has 0 radical (unpaired) electrons. The van der Waals surface area contributed by atoms with Crippen molar-refractivity contribution < 1.29 is 20.3 Å². The first-order chi connectivity index (χ1) is 2.00. The largest absolute Gasteiger partial charge is 1.00 e. The van der Waals surface area contributed by atoms with Crippen LogP contribution >= 0.6 is 25.6 Å². The third-order valence-corrected chi connectivity index (χ3v) is 0. The third kappa shape index (κ3) is 67.8. The Morgan fingerprint density at radius 2 is 1.17 bits per heavy atom. The fourth-order valence-electron chi connectivity index (χ4n) is 0. The lowest BCUT2D eigenvalue weighted by atomic mass is 11.3. The van der Waals surface area contributed by atoms with Gasteiger partial charge in [0.1, 0.15) is 0 Å². The highest BCUT2D eigenvalue weighted by Crippen LogP contribution is 2.02. The van der Waals surface area contributed by atoms with Crippen molar-refractivity contribution in [3.63, 3.8) is 0 Å². The molecule has 0 heterocycles. The van der Waals surface area contributed by atoms with Gasteiger partial charge in [-0.05, 0) is 0 Å². The van der Waals surface area contributed by atoms with E-state index in [1.165, 1.54) is 0 Å². The third-order valence-electron chi connectivity index (χ3n) is 0. The summed E-state index contributed by atoms with van der Waals surface area (Å²) >= 11 is 7.85. The van der Waals surface area contributed by atoms with E-state index in [2.05, 4.69) is 25.6 Å². The first-order valence-corrected chi connectivity index (χ1v) is 2.09. The van der Waals surface area contributed by atoms with Gasteiger partial charge in [0.2, 0.25) is 0 Å². The molecule has 1 nitrogen and oxygen atoms in total. The Labute approximate surface area is 60.2 Å². The zero-order valence-corrected chi connectivity index (χ0v) is 7.09. The van der Waals surface area contributed by atoms with Gasteiger partial charge in [0.25, 0.3) is 0 Å². The summed E-state index contributed by atoms with van der Waals surface area (Å²) in [4.78, 5) is 0. The predicted octanol–water partition coefficient (Wildman–Crippen LogP) is -2.24. The second-order valence-corrected chi connectivity index (χ2v) is 3.65. The maximum atomic E-state index is 3.92. The fourth-order valence-corrected chi connectivity index (χ4v) is 0. The average molecular weight is 190 g/mol. The van der Waals surface area contributed by atoms with Crippen molar-refractivity contribution in [3.8, 4) is 0 Å². The highest BCUT2D eigenvalue weighted by atomic mass is 79.9. The molecule has 0 aromatic rings. The standard InChI is InChI=1S/C2H8NS2.BrH/c1-3(2,4)5;/h4-5H,1-2H3;1H/q+1;/p-1. The number of quaternary nitrogens is 1. The molecule has 6 heavy (non-hydrogen) atoms. The van der Waals surface area contributed by atoms with Gasteiger partial charge in [-0.2, -0.15) is 0 Å². The number of hydrogen-bond acceptors (Lipinski definition) is 2. The second kappa shape index (κ2) is 3.18. The van der Waals surface area contributed by atoms with Crippen LogP contribution in [0.2, 0.25) is 0 Å². The van der Waals surface area contributed by atoms with E-state index in [4.69, 9.17) is 0 Å². The highest BCUT2D eigenvalue weighted by Gasteiger charge is 1.94. The summed E-state index contributed by atoms with van der Waals surface area (Å²) in [7, 11) is 3.71. The van der Waals surface area contributed by atoms with Gasteiger partial charge >= 0.3 is 0 Å². The summed E-state index contributed by atoms with van der Waals surface area (Å²) in [6.07, 6.45) is 0. The van der Waals surface area contributed by atoms with E-state index in [1.54, 1.807) is 0 Å². The van der Waals surface area contributed by atoms with Crippen molar-refractivity contribution >= 4 is 25.6 Å². The molecular formula is C2H8BrNS2. The maximum absolute atomic E-state index is 3.92. The van der Waals surface area contributed by atoms with Crippen LogP contribution in [0, 0.1) is 0 Å². The molecule has 0 aliphatic rings. The van der Waals surface area contributed by atoms with Crippen LogP contribution in [0.5, 0.6) is 0 Å². The van der Waals surface area contributed by atoms with Crippen LogP contribution in [-0.2, 0) is 0 Å². The van der Waals surface area contributed by atoms with E-state index < -0.39 is 0 Å². The van der Waals surface area contributed by atoms with E-state index in [1.807, 2.05) is 14.1 Å². The number of thiol groups is 2. The van der Waals surface area contributed by atoms with E-state index in [9.17, 15) is 0 Å². The quantitative estimate of drug-likeness (QED) is 0.313. The summed E-state index contributed by atoms with van der Waals surface area (Å²) in [5.74, 6) is 0. The predicted molar refractivity (Wildman–Crippen MR) is 30.1 cm³/mol. The summed E-state index contributed by atoms with van der Waals surface area (Å²) in [5, 5.41) is 0. The lowest BCUT2D eigenvalue weighted by Gasteiger charge is -2.07. The minimum atomic E-state index is 0. The van der Waals surface area contributed by atoms with Crippen LogP contribution in [0.4, 0.5) is 0 Å². The zero-order chi connectivity index (χ0) is 4.50. The van der Waals surface area contributed by atoms with Crippen LogP contribution in [0.1, 0.15) is 0 Å². The second-order valence-electron chi connectivity index (χ2n) is 1.34. The van der Waals surface area contributed by atoms with Gasteiger partial charge in [0.05, 0.1) is 39.7 Å². The monoisotopic (exact) mass is 189 g/mol. The Balaban J connectivity index is 0. The lowest BCUT2D eigenvalue weighted by molar-refractivity contribution is -0.583. The molecule has 0 fully saturated rings. The zero-order valence-electron chi connectivity index (χ0n) is 3.72. The Kier molecular flexibility index (Phi) is 5.40. The van der Waals surface area contributed by atoms with Gasteiger partial charge in [0, 0.05) is 0 Å². The van der Waals surface area contributed by atoms with Crippen molar-refractivity contribution in [2.45, 2.75) is 0 Å². The molecule has 0 spiro atoms. The van der Waals surface area contributed by atoms with Crippen molar-refractivity contribution in [2.75, 3.05) is 14.1 Å². The number of halogens is 1. The van der Waals surface area contributed by atoms with Crippen LogP contribution in [0.15, 0.2) is 0 Å². The molecule has 0 N–H and O–H groups in total. The van der Waals surface area contributed by atoms with Gasteiger partial charge in [-0.25, -0.2) is 3.29 Å². The fraction of sp³-hybridized carbons (Fsp3) is 1.00. The topological polar surface area (TPSA) is 0 Å². The van der Waals surface area contributed by atoms with E-state index >= 15 is 0 Å². The first-order valence-electron chi connectivity index (χ1n) is 1.29. The lowest BCUT2D eigenvalue weighted by Crippen LogP contribution is -3.00. The number of rotatable bonds is 0. The number of hydrogen-bond donors (Lipinski definition) is 2. The van der Waals surface area contributed by atoms with Gasteiger partial charge in [0.15, 0.2) is 0 Å². The Bertz CT molecular complexity index is 27.0. The molecule has 0 aromatic heterocycles. The average Bonchev–Trinajstić information content (AvgIpc) is 0.722. The van der Waals surface area contributed by atoms with Crippen LogP contribution < -0.4 is 17.0 Å². The molecule has 0 amide bonds. The van der Waals surface area contributed by atoms with Gasteiger partial charge in [-0.3, -0.25) is 0 Å². The molecule has 0 aromatic carbocycles. The van der Waals surface area contributed by atoms with E-state index in [0.717, 1.165) is 0 Å². The van der Waals surface area contributed by atoms with Crippen molar-refractivity contribution in [3.05, 3.63) is 0 Å². The van der Waals surface area contributed by atoms with Crippen molar-refractivity contribution in [1.82, 2.24) is 0 Å². The molecule has 0 unspecified atom stereocenters. The summed E-state index contributed by atoms with van der Waals surface area (Å²) in [5.41, 5.74) is 0. The van der Waals surface area contributed by atoms with Crippen molar-refractivity contribution in [1.29, 1.82) is 0 Å². The molecule has 0 saturated heterocycles. The van der Waals surface area contributed by atoms with Crippen LogP contribution in [0.3, 0.4) is 0 Å². The Hall–Kier alpha value is 1.14. The molecule has 40 valence electrons. The Morgan fingerprint density at radius 1 is 1.17 bits per heavy atom. The van der Waals surface area contributed by atoms with Crippen LogP contribution in [0.25, 0.3) is 0 Å². The molecular weight excluding hydrogens is 182 g/mol. The molecule has 0 saturated carbocycles. The maximum Gasteiger partial charge on any atom is 0.0892 e. The molecule has 4 heteroatoms. The SMILES string of the molecule is C[N+](C)(S)S.[Br-]. The minimum Gasteiger partial charge on any atom is -1.00 e. The highest BCUT2D eigenvalue weighted by molar-refractivity contribution is 7.87. The molecule has 0 rings (SSSR count). The van der Waals surface area contributed by atoms with Crippen LogP contribution in [-0.4, -0.2) is 17.4 Å². The van der Waals surface area contributed by atoms with Gasteiger partial charge in [-0.15, -0.1) is 0 Å². The first kappa shape index (κ1) is 10.2. The van der Waals surface area contributed by atoms with E-state index in [0.29, 0.717) is 3.29 Å². The number of nitrogens with zero attached hydrogens (tertiary/aromatic N) is 1. The van der Waals surface area contributed by atoms with Gasteiger partial charge in [-0.1, -0.05) is 0 Å². The normalized spacial score (nSPS) is 10.0. The summed E-state index contributed by atoms with van der Waals surface area (Å²) in [6.45, 7) is 0. The molecule has 0 aliphatic heterocycles. The molecule has 0 atom stereocenters. The summed E-state index contributed by atoms with van der Waals surface area (Å²) < 4.78 is 0.389. The minimum absolute atomic E-state index is 0. The molecule has 0 aliphatic carbocycles. The molecule has 0 bridgehead atoms.